The molecule has 20 heavy (non-hydrogen) atoms. The van der Waals surface area contributed by atoms with E-state index in [1.54, 1.807) is 0 Å². The molecule has 2 rings (SSSR count). The lowest BCUT2D eigenvalue weighted by Gasteiger charge is -2.11. The molecule has 0 aromatic heterocycles. The lowest BCUT2D eigenvalue weighted by Crippen LogP contribution is -2.09. The van der Waals surface area contributed by atoms with E-state index in [0.29, 0.717) is 19.1 Å². The molecule has 3 heteroatoms. The Hall–Kier alpha value is -1.74. The fraction of sp³-hybridized carbons (Fsp3) is 0.412. The van der Waals surface area contributed by atoms with Crippen molar-refractivity contribution in [3.8, 4) is 5.75 Å². The number of nitrogens with two attached hydrogens (primary N) is 1. The number of hydrogen-bond donors (Lipinski definition) is 1. The summed E-state index contributed by atoms with van der Waals surface area (Å²) in [5.74, 6) is 1.54. The molecule has 0 amide bonds. The SMILES string of the molecule is CC(C)CCOCCOc1ccc(N)c2ccccc12. The van der Waals surface area contributed by atoms with Gasteiger partial charge in [0.15, 0.2) is 0 Å². The maximum absolute atomic E-state index is 5.97. The summed E-state index contributed by atoms with van der Waals surface area (Å²) in [7, 11) is 0. The fourth-order valence-corrected chi connectivity index (χ4v) is 2.05. The average Bonchev–Trinajstić information content (AvgIpc) is 2.45. The van der Waals surface area contributed by atoms with Gasteiger partial charge in [0, 0.05) is 23.1 Å². The Morgan fingerprint density at radius 3 is 2.45 bits per heavy atom. The van der Waals surface area contributed by atoms with Crippen LogP contribution in [0.5, 0.6) is 5.75 Å². The zero-order valence-corrected chi connectivity index (χ0v) is 12.3. The van der Waals surface area contributed by atoms with E-state index in [9.17, 15) is 0 Å². The van der Waals surface area contributed by atoms with Crippen LogP contribution in [-0.4, -0.2) is 19.8 Å². The van der Waals surface area contributed by atoms with Crippen molar-refractivity contribution in [2.24, 2.45) is 5.92 Å². The highest BCUT2D eigenvalue weighted by Gasteiger charge is 2.04. The van der Waals surface area contributed by atoms with Crippen molar-refractivity contribution in [1.82, 2.24) is 0 Å². The Morgan fingerprint density at radius 2 is 1.70 bits per heavy atom. The Balaban J connectivity index is 1.89. The summed E-state index contributed by atoms with van der Waals surface area (Å²) in [4.78, 5) is 0. The van der Waals surface area contributed by atoms with Crippen molar-refractivity contribution < 1.29 is 9.47 Å². The van der Waals surface area contributed by atoms with Crippen molar-refractivity contribution in [3.05, 3.63) is 36.4 Å². The van der Waals surface area contributed by atoms with Gasteiger partial charge in [-0.1, -0.05) is 38.1 Å². The standard InChI is InChI=1S/C17H23NO2/c1-13(2)9-10-19-11-12-20-17-8-7-16(18)14-5-3-4-6-15(14)17/h3-8,13H,9-12,18H2,1-2H3. The van der Waals surface area contributed by atoms with Crippen LogP contribution in [-0.2, 0) is 4.74 Å². The molecule has 2 aromatic carbocycles. The molecular formula is C17H23NO2. The van der Waals surface area contributed by atoms with Crippen LogP contribution in [0.2, 0.25) is 0 Å². The molecule has 0 spiro atoms. The topological polar surface area (TPSA) is 44.5 Å². The van der Waals surface area contributed by atoms with E-state index in [4.69, 9.17) is 15.2 Å². The van der Waals surface area contributed by atoms with Crippen LogP contribution >= 0.6 is 0 Å². The molecule has 0 aliphatic carbocycles. The molecule has 0 atom stereocenters. The predicted octanol–water partition coefficient (Wildman–Crippen LogP) is 3.86. The highest BCUT2D eigenvalue weighted by atomic mass is 16.5. The number of rotatable bonds is 7. The van der Waals surface area contributed by atoms with Crippen LogP contribution in [0.25, 0.3) is 10.8 Å². The fourth-order valence-electron chi connectivity index (χ4n) is 2.05. The van der Waals surface area contributed by atoms with E-state index in [1.165, 1.54) is 0 Å². The molecule has 3 nitrogen and oxygen atoms in total. The molecular weight excluding hydrogens is 250 g/mol. The third-order valence-electron chi connectivity index (χ3n) is 3.24. The van der Waals surface area contributed by atoms with Crippen LogP contribution in [0.1, 0.15) is 20.3 Å². The highest BCUT2D eigenvalue weighted by molar-refractivity contribution is 5.96. The smallest absolute Gasteiger partial charge is 0.127 e. The average molecular weight is 273 g/mol. The molecule has 0 fully saturated rings. The largest absolute Gasteiger partial charge is 0.491 e. The van der Waals surface area contributed by atoms with Gasteiger partial charge in [0.1, 0.15) is 12.4 Å². The van der Waals surface area contributed by atoms with Crippen LogP contribution in [0, 0.1) is 5.92 Å². The van der Waals surface area contributed by atoms with Gasteiger partial charge in [-0.2, -0.15) is 0 Å². The molecule has 108 valence electrons. The van der Waals surface area contributed by atoms with Crippen molar-refractivity contribution in [3.63, 3.8) is 0 Å². The van der Waals surface area contributed by atoms with Gasteiger partial charge in [-0.3, -0.25) is 0 Å². The van der Waals surface area contributed by atoms with Gasteiger partial charge in [-0.25, -0.2) is 0 Å². The second-order valence-electron chi connectivity index (χ2n) is 5.34. The van der Waals surface area contributed by atoms with E-state index in [1.807, 2.05) is 36.4 Å². The number of hydrogen-bond acceptors (Lipinski definition) is 3. The normalized spacial score (nSPS) is 11.2. The lowest BCUT2D eigenvalue weighted by molar-refractivity contribution is 0.0930. The molecule has 0 saturated heterocycles. The molecule has 2 N–H and O–H groups in total. The Morgan fingerprint density at radius 1 is 0.950 bits per heavy atom. The molecule has 2 aromatic rings. The molecule has 0 bridgehead atoms. The molecule has 0 heterocycles. The van der Waals surface area contributed by atoms with Crippen molar-refractivity contribution in [2.45, 2.75) is 20.3 Å². The number of benzene rings is 2. The minimum atomic E-state index is 0.562. The van der Waals surface area contributed by atoms with Crippen molar-refractivity contribution in [2.75, 3.05) is 25.6 Å². The van der Waals surface area contributed by atoms with E-state index < -0.39 is 0 Å². The second kappa shape index (κ2) is 7.15. The quantitative estimate of drug-likeness (QED) is 0.615. The lowest BCUT2D eigenvalue weighted by atomic mass is 10.1. The van der Waals surface area contributed by atoms with Gasteiger partial charge in [-0.05, 0) is 24.5 Å². The summed E-state index contributed by atoms with van der Waals surface area (Å²) in [6.45, 7) is 6.36. The number of ether oxygens (including phenoxy) is 2. The van der Waals surface area contributed by atoms with Crippen molar-refractivity contribution in [1.29, 1.82) is 0 Å². The first-order valence-electron chi connectivity index (χ1n) is 7.16. The van der Waals surface area contributed by atoms with Crippen LogP contribution in [0.3, 0.4) is 0 Å². The van der Waals surface area contributed by atoms with Crippen LogP contribution in [0.15, 0.2) is 36.4 Å². The van der Waals surface area contributed by atoms with Gasteiger partial charge >= 0.3 is 0 Å². The number of anilines is 1. The van der Waals surface area contributed by atoms with E-state index in [2.05, 4.69) is 13.8 Å². The third-order valence-corrected chi connectivity index (χ3v) is 3.24. The van der Waals surface area contributed by atoms with Gasteiger partial charge in [0.25, 0.3) is 0 Å². The van der Waals surface area contributed by atoms with Crippen LogP contribution in [0.4, 0.5) is 5.69 Å². The molecule has 0 saturated carbocycles. The Bertz CT molecular complexity index is 552. The monoisotopic (exact) mass is 273 g/mol. The zero-order chi connectivity index (χ0) is 14.4. The summed E-state index contributed by atoms with van der Waals surface area (Å²) in [6, 6.07) is 11.8. The summed E-state index contributed by atoms with van der Waals surface area (Å²) >= 11 is 0. The first-order chi connectivity index (χ1) is 9.68. The highest BCUT2D eigenvalue weighted by Crippen LogP contribution is 2.29. The van der Waals surface area contributed by atoms with E-state index >= 15 is 0 Å². The van der Waals surface area contributed by atoms with E-state index in [-0.39, 0.29) is 0 Å². The first kappa shape index (κ1) is 14.7. The summed E-state index contributed by atoms with van der Waals surface area (Å²) < 4.78 is 11.4. The predicted molar refractivity (Wildman–Crippen MR) is 84.1 cm³/mol. The molecule has 0 radical (unpaired) electrons. The summed E-state index contributed by atoms with van der Waals surface area (Å²) in [5, 5.41) is 2.08. The molecule has 0 unspecified atom stereocenters. The second-order valence-corrected chi connectivity index (χ2v) is 5.34. The van der Waals surface area contributed by atoms with Crippen molar-refractivity contribution >= 4 is 16.5 Å². The zero-order valence-electron chi connectivity index (χ0n) is 12.3. The van der Waals surface area contributed by atoms with Crippen LogP contribution < -0.4 is 10.5 Å². The minimum absolute atomic E-state index is 0.562. The maximum Gasteiger partial charge on any atom is 0.127 e. The minimum Gasteiger partial charge on any atom is -0.491 e. The molecule has 0 aliphatic rings. The summed E-state index contributed by atoms with van der Waals surface area (Å²) in [6.07, 6.45) is 1.09. The van der Waals surface area contributed by atoms with Gasteiger partial charge in [0.2, 0.25) is 0 Å². The Kier molecular flexibility index (Phi) is 5.24. The van der Waals surface area contributed by atoms with Gasteiger partial charge < -0.3 is 15.2 Å². The van der Waals surface area contributed by atoms with Gasteiger partial charge in [-0.15, -0.1) is 0 Å². The first-order valence-corrected chi connectivity index (χ1v) is 7.16. The summed E-state index contributed by atoms with van der Waals surface area (Å²) in [5.41, 5.74) is 6.75. The maximum atomic E-state index is 5.97. The third kappa shape index (κ3) is 3.87. The van der Waals surface area contributed by atoms with Gasteiger partial charge in [0.05, 0.1) is 6.61 Å². The number of nitrogen functional groups attached to an aromatic ring is 1. The van der Waals surface area contributed by atoms with E-state index in [0.717, 1.165) is 35.2 Å². The molecule has 0 aliphatic heterocycles. The number of fused-ring (bicyclic) bond motifs is 1. The Labute approximate surface area is 120 Å².